The molecule has 0 aliphatic carbocycles. The van der Waals surface area contributed by atoms with Gasteiger partial charge in [0.1, 0.15) is 10.7 Å². The lowest BCUT2D eigenvalue weighted by atomic mass is 10.1. The van der Waals surface area contributed by atoms with Gasteiger partial charge in [0.15, 0.2) is 0 Å². The summed E-state index contributed by atoms with van der Waals surface area (Å²) in [7, 11) is -3.94. The number of hydrogen-bond acceptors (Lipinski definition) is 4. The number of halogens is 1. The molecule has 0 unspecified atom stereocenters. The largest absolute Gasteiger partial charge is 0.269 e. The zero-order chi connectivity index (χ0) is 16.6. The summed E-state index contributed by atoms with van der Waals surface area (Å²) in [5.41, 5.74) is 0.848. The van der Waals surface area contributed by atoms with E-state index >= 15 is 0 Å². The fourth-order valence-corrected chi connectivity index (χ4v) is 3.90. The Bertz CT molecular complexity index is 981. The van der Waals surface area contributed by atoms with Gasteiger partial charge in [-0.2, -0.15) is 0 Å². The maximum Gasteiger partial charge on any atom is 0.269 e. The number of benzene rings is 1. The zero-order valence-electron chi connectivity index (χ0n) is 11.8. The monoisotopic (exact) mass is 347 g/mol. The lowest BCUT2D eigenvalue weighted by molar-refractivity contribution is 0.587. The average molecular weight is 347 g/mol. The molecule has 0 atom stereocenters. The van der Waals surface area contributed by atoms with E-state index in [2.05, 4.69) is 24.5 Å². The molecule has 0 fully saturated rings. The van der Waals surface area contributed by atoms with Crippen LogP contribution in [-0.4, -0.2) is 17.4 Å². The number of aromatic nitrogens is 2. The Morgan fingerprint density at radius 3 is 2.61 bits per heavy atom. The molecular weight excluding hydrogens is 335 g/mol. The lowest BCUT2D eigenvalue weighted by Crippen LogP contribution is -2.14. The molecule has 23 heavy (non-hydrogen) atoms. The minimum absolute atomic E-state index is 0.0295. The molecule has 1 radical (unpaired) electrons. The Balaban J connectivity index is 2.24. The Labute approximate surface area is 139 Å². The minimum atomic E-state index is -3.94. The van der Waals surface area contributed by atoms with Gasteiger partial charge >= 0.3 is 0 Å². The first-order valence-corrected chi connectivity index (χ1v) is 8.47. The van der Waals surface area contributed by atoms with E-state index in [4.69, 9.17) is 0 Å². The highest BCUT2D eigenvalue weighted by molar-refractivity contribution is 7.90. The molecule has 0 bridgehead atoms. The number of rotatable bonds is 3. The van der Waals surface area contributed by atoms with Crippen molar-refractivity contribution in [3.63, 3.8) is 0 Å². The smallest absolute Gasteiger partial charge is 0.262 e. The van der Waals surface area contributed by atoms with Crippen molar-refractivity contribution in [3.05, 3.63) is 73.3 Å². The van der Waals surface area contributed by atoms with Crippen LogP contribution >= 0.6 is 12.6 Å². The van der Waals surface area contributed by atoms with Gasteiger partial charge in [-0.1, -0.05) is 12.1 Å². The van der Waals surface area contributed by atoms with Gasteiger partial charge in [-0.15, -0.1) is 12.6 Å². The molecule has 0 N–H and O–H groups in total. The molecular formula is C16H12FN2O2S2. The predicted molar refractivity (Wildman–Crippen MR) is 88.4 cm³/mol. The van der Waals surface area contributed by atoms with Crippen molar-refractivity contribution in [1.29, 1.82) is 0 Å². The molecule has 0 aliphatic heterocycles. The zero-order valence-corrected chi connectivity index (χ0v) is 13.6. The van der Waals surface area contributed by atoms with Crippen LogP contribution in [0.2, 0.25) is 0 Å². The molecule has 0 amide bonds. The third-order valence-electron chi connectivity index (χ3n) is 3.25. The predicted octanol–water partition coefficient (Wildman–Crippen LogP) is 3.40. The van der Waals surface area contributed by atoms with Gasteiger partial charge in [0.25, 0.3) is 10.0 Å². The van der Waals surface area contributed by atoms with Crippen LogP contribution in [0.5, 0.6) is 0 Å². The number of pyridine rings is 1. The minimum Gasteiger partial charge on any atom is -0.262 e. The summed E-state index contributed by atoms with van der Waals surface area (Å²) in [5.74, 6) is -0.511. The number of thiol groups is 1. The Morgan fingerprint density at radius 1 is 1.17 bits per heavy atom. The molecule has 0 aliphatic rings. The van der Waals surface area contributed by atoms with Crippen LogP contribution in [0.15, 0.2) is 64.8 Å². The van der Waals surface area contributed by atoms with Gasteiger partial charge in [0.2, 0.25) is 0 Å². The fraction of sp³-hybridized carbons (Fsp3) is 0. The summed E-state index contributed by atoms with van der Waals surface area (Å²) < 4.78 is 40.8. The first kappa shape index (κ1) is 15.8. The fourth-order valence-electron chi connectivity index (χ4n) is 2.22. The molecule has 0 spiro atoms. The van der Waals surface area contributed by atoms with Gasteiger partial charge in [-0.05, 0) is 36.8 Å². The van der Waals surface area contributed by atoms with Crippen LogP contribution in [0.3, 0.4) is 0 Å². The highest BCUT2D eigenvalue weighted by atomic mass is 32.2. The van der Waals surface area contributed by atoms with Crippen molar-refractivity contribution in [2.45, 2.75) is 9.79 Å². The van der Waals surface area contributed by atoms with E-state index in [1.54, 1.807) is 12.1 Å². The molecule has 117 valence electrons. The SMILES string of the molecule is [CH2]c1cc(-c2ccccc2F)n(S(=O)(=O)c2cncc(S)c2)c1. The lowest BCUT2D eigenvalue weighted by Gasteiger charge is -2.11. The van der Waals surface area contributed by atoms with Crippen LogP contribution in [-0.2, 0) is 10.0 Å². The summed E-state index contributed by atoms with van der Waals surface area (Å²) in [4.78, 5) is 4.23. The summed E-state index contributed by atoms with van der Waals surface area (Å²) in [6.45, 7) is 3.74. The van der Waals surface area contributed by atoms with Crippen LogP contribution in [0, 0.1) is 12.7 Å². The molecule has 7 heteroatoms. The third-order valence-corrected chi connectivity index (χ3v) is 5.13. The van der Waals surface area contributed by atoms with E-state index in [1.165, 1.54) is 42.9 Å². The van der Waals surface area contributed by atoms with Crippen molar-refractivity contribution >= 4 is 22.7 Å². The van der Waals surface area contributed by atoms with E-state index in [0.29, 0.717) is 10.5 Å². The van der Waals surface area contributed by atoms with Gasteiger partial charge in [0, 0.05) is 29.0 Å². The van der Waals surface area contributed by atoms with Gasteiger partial charge in [-0.25, -0.2) is 16.8 Å². The second-order valence-corrected chi connectivity index (χ2v) is 7.22. The first-order chi connectivity index (χ1) is 10.9. The molecule has 2 heterocycles. The van der Waals surface area contributed by atoms with Gasteiger partial charge < -0.3 is 0 Å². The second-order valence-electron chi connectivity index (χ2n) is 4.89. The van der Waals surface area contributed by atoms with E-state index in [9.17, 15) is 12.8 Å². The molecule has 4 nitrogen and oxygen atoms in total. The highest BCUT2D eigenvalue weighted by Crippen LogP contribution is 2.28. The summed E-state index contributed by atoms with van der Waals surface area (Å²) >= 11 is 4.11. The van der Waals surface area contributed by atoms with Crippen molar-refractivity contribution in [1.82, 2.24) is 8.96 Å². The van der Waals surface area contributed by atoms with E-state index in [1.807, 2.05) is 0 Å². The molecule has 2 aromatic heterocycles. The van der Waals surface area contributed by atoms with Crippen molar-refractivity contribution in [2.75, 3.05) is 0 Å². The second kappa shape index (κ2) is 5.82. The number of hydrogen-bond donors (Lipinski definition) is 1. The normalized spacial score (nSPS) is 11.6. The molecule has 0 saturated heterocycles. The quantitative estimate of drug-likeness (QED) is 0.739. The maximum atomic E-state index is 14.1. The Hall–Kier alpha value is -2.12. The number of nitrogens with zero attached hydrogens (tertiary/aromatic N) is 2. The van der Waals surface area contributed by atoms with E-state index in [0.717, 1.165) is 3.97 Å². The van der Waals surface area contributed by atoms with Gasteiger partial charge in [0.05, 0.1) is 5.69 Å². The Morgan fingerprint density at radius 2 is 1.91 bits per heavy atom. The molecule has 0 saturated carbocycles. The van der Waals surface area contributed by atoms with Crippen LogP contribution in [0.4, 0.5) is 4.39 Å². The standard InChI is InChI=1S/C16H12FN2O2S2/c1-11-6-16(14-4-2-3-5-15(14)17)19(10-11)23(20,21)13-7-12(22)8-18-9-13/h2-10,22H,1H2. The Kier molecular flexibility index (Phi) is 3.99. The third kappa shape index (κ3) is 2.89. The summed E-state index contributed by atoms with van der Waals surface area (Å²) in [6.07, 6.45) is 4.01. The average Bonchev–Trinajstić information content (AvgIpc) is 2.90. The molecule has 3 aromatic rings. The van der Waals surface area contributed by atoms with E-state index < -0.39 is 15.8 Å². The van der Waals surface area contributed by atoms with Crippen molar-refractivity contribution in [2.24, 2.45) is 0 Å². The summed E-state index contributed by atoms with van der Waals surface area (Å²) in [6, 6.07) is 8.88. The van der Waals surface area contributed by atoms with Crippen LogP contribution < -0.4 is 0 Å². The van der Waals surface area contributed by atoms with Crippen molar-refractivity contribution in [3.8, 4) is 11.3 Å². The van der Waals surface area contributed by atoms with E-state index in [-0.39, 0.29) is 16.2 Å². The molecule has 3 rings (SSSR count). The van der Waals surface area contributed by atoms with Gasteiger partial charge in [-0.3, -0.25) is 4.98 Å². The topological polar surface area (TPSA) is 52.0 Å². The molecule has 1 aromatic carbocycles. The van der Waals surface area contributed by atoms with Crippen LogP contribution in [0.25, 0.3) is 11.3 Å². The van der Waals surface area contributed by atoms with Crippen LogP contribution in [0.1, 0.15) is 5.56 Å². The summed E-state index contributed by atoms with van der Waals surface area (Å²) in [5, 5.41) is 0. The first-order valence-electron chi connectivity index (χ1n) is 6.58. The van der Waals surface area contributed by atoms with Crippen molar-refractivity contribution < 1.29 is 12.8 Å². The maximum absolute atomic E-state index is 14.1. The highest BCUT2D eigenvalue weighted by Gasteiger charge is 2.23.